The van der Waals surface area contributed by atoms with Crippen molar-refractivity contribution in [3.05, 3.63) is 47.8 Å². The Bertz CT molecular complexity index is 844. The van der Waals surface area contributed by atoms with E-state index in [4.69, 9.17) is 0 Å². The van der Waals surface area contributed by atoms with Crippen LogP contribution in [0.15, 0.2) is 53.0 Å². The standard InChI is InChI=1S/C16H14N4O2S2/c1-11(21)20-15(13-8-5-9-23-13)18-19-16(20)24-10-14(22)17-12-6-3-2-4-7-12/h2-9H,10H2,1H3,(H,17,22). The normalized spacial score (nSPS) is 10.5. The Kier molecular flexibility index (Phi) is 5.07. The van der Waals surface area contributed by atoms with Gasteiger partial charge in [-0.2, -0.15) is 0 Å². The van der Waals surface area contributed by atoms with E-state index in [0.29, 0.717) is 11.0 Å². The van der Waals surface area contributed by atoms with Crippen molar-refractivity contribution in [1.29, 1.82) is 0 Å². The molecule has 3 rings (SSSR count). The number of carbonyl (C=O) groups excluding carboxylic acids is 2. The zero-order chi connectivity index (χ0) is 16.9. The van der Waals surface area contributed by atoms with E-state index >= 15 is 0 Å². The van der Waals surface area contributed by atoms with E-state index in [1.165, 1.54) is 34.6 Å². The van der Waals surface area contributed by atoms with Gasteiger partial charge in [-0.25, -0.2) is 4.57 Å². The van der Waals surface area contributed by atoms with Crippen molar-refractivity contribution in [2.24, 2.45) is 0 Å². The van der Waals surface area contributed by atoms with Crippen LogP contribution in [-0.2, 0) is 4.79 Å². The molecule has 122 valence electrons. The van der Waals surface area contributed by atoms with Gasteiger partial charge in [-0.15, -0.1) is 21.5 Å². The van der Waals surface area contributed by atoms with Gasteiger partial charge in [0.15, 0.2) is 11.0 Å². The molecule has 0 radical (unpaired) electrons. The van der Waals surface area contributed by atoms with Crippen molar-refractivity contribution >= 4 is 40.6 Å². The molecule has 0 saturated carbocycles. The number of hydrogen-bond donors (Lipinski definition) is 1. The number of para-hydroxylation sites is 1. The maximum Gasteiger partial charge on any atom is 0.234 e. The molecule has 0 atom stereocenters. The monoisotopic (exact) mass is 358 g/mol. The Hall–Kier alpha value is -2.45. The number of anilines is 1. The first-order valence-corrected chi connectivity index (χ1v) is 8.99. The average Bonchev–Trinajstić information content (AvgIpc) is 3.23. The second-order valence-electron chi connectivity index (χ2n) is 4.84. The fourth-order valence-corrected chi connectivity index (χ4v) is 3.53. The summed E-state index contributed by atoms with van der Waals surface area (Å²) in [6, 6.07) is 13.0. The van der Waals surface area contributed by atoms with Crippen molar-refractivity contribution in [1.82, 2.24) is 14.8 Å². The van der Waals surface area contributed by atoms with Crippen molar-refractivity contribution in [2.75, 3.05) is 11.1 Å². The molecular formula is C16H14N4O2S2. The van der Waals surface area contributed by atoms with Gasteiger partial charge in [-0.05, 0) is 23.6 Å². The summed E-state index contributed by atoms with van der Waals surface area (Å²) in [6.45, 7) is 1.45. The summed E-state index contributed by atoms with van der Waals surface area (Å²) in [5.74, 6) is 0.296. The number of carbonyl (C=O) groups is 2. The van der Waals surface area contributed by atoms with Crippen LogP contribution in [0, 0.1) is 0 Å². The fraction of sp³-hybridized carbons (Fsp3) is 0.125. The summed E-state index contributed by atoms with van der Waals surface area (Å²) in [5.41, 5.74) is 0.732. The number of nitrogens with zero attached hydrogens (tertiary/aromatic N) is 3. The predicted octanol–water partition coefficient (Wildman–Crippen LogP) is 3.40. The summed E-state index contributed by atoms with van der Waals surface area (Å²) in [7, 11) is 0. The van der Waals surface area contributed by atoms with E-state index in [0.717, 1.165) is 10.6 Å². The van der Waals surface area contributed by atoms with E-state index in [1.807, 2.05) is 47.8 Å². The van der Waals surface area contributed by atoms with Crippen LogP contribution in [-0.4, -0.2) is 32.3 Å². The molecule has 1 amide bonds. The number of hydrogen-bond acceptors (Lipinski definition) is 6. The van der Waals surface area contributed by atoms with Crippen LogP contribution in [0.2, 0.25) is 0 Å². The Morgan fingerprint density at radius 1 is 1.17 bits per heavy atom. The van der Waals surface area contributed by atoms with Crippen LogP contribution >= 0.6 is 23.1 Å². The van der Waals surface area contributed by atoms with Crippen molar-refractivity contribution in [3.63, 3.8) is 0 Å². The van der Waals surface area contributed by atoms with E-state index in [2.05, 4.69) is 15.5 Å². The molecule has 3 aromatic rings. The molecule has 0 saturated heterocycles. The predicted molar refractivity (Wildman–Crippen MR) is 95.4 cm³/mol. The number of benzene rings is 1. The molecule has 1 N–H and O–H groups in total. The highest BCUT2D eigenvalue weighted by atomic mass is 32.2. The molecule has 2 aromatic heterocycles. The summed E-state index contributed by atoms with van der Waals surface area (Å²) in [5, 5.41) is 13.3. The molecule has 2 heterocycles. The third-order valence-corrected chi connectivity index (χ3v) is 4.87. The molecule has 8 heteroatoms. The van der Waals surface area contributed by atoms with Crippen molar-refractivity contribution in [2.45, 2.75) is 12.1 Å². The van der Waals surface area contributed by atoms with Crippen molar-refractivity contribution in [3.8, 4) is 10.7 Å². The molecular weight excluding hydrogens is 344 g/mol. The van der Waals surface area contributed by atoms with Crippen LogP contribution in [0.3, 0.4) is 0 Å². The number of rotatable bonds is 5. The summed E-state index contributed by atoms with van der Waals surface area (Å²) in [4.78, 5) is 24.8. The van der Waals surface area contributed by atoms with E-state index in [-0.39, 0.29) is 17.6 Å². The van der Waals surface area contributed by atoms with E-state index < -0.39 is 0 Å². The van der Waals surface area contributed by atoms with Crippen LogP contribution in [0.1, 0.15) is 11.7 Å². The first-order chi connectivity index (χ1) is 11.6. The zero-order valence-electron chi connectivity index (χ0n) is 12.8. The number of thiophene rings is 1. The highest BCUT2D eigenvalue weighted by Gasteiger charge is 2.19. The lowest BCUT2D eigenvalue weighted by Gasteiger charge is -2.06. The Morgan fingerprint density at radius 3 is 2.62 bits per heavy atom. The minimum Gasteiger partial charge on any atom is -0.325 e. The van der Waals surface area contributed by atoms with Crippen molar-refractivity contribution < 1.29 is 9.59 Å². The van der Waals surface area contributed by atoms with Crippen LogP contribution in [0.25, 0.3) is 10.7 Å². The van der Waals surface area contributed by atoms with Crippen LogP contribution < -0.4 is 5.32 Å². The maximum absolute atomic E-state index is 12.0. The highest BCUT2D eigenvalue weighted by molar-refractivity contribution is 7.99. The molecule has 0 aliphatic rings. The largest absolute Gasteiger partial charge is 0.325 e. The number of thioether (sulfide) groups is 1. The Balaban J connectivity index is 1.71. The van der Waals surface area contributed by atoms with Gasteiger partial charge >= 0.3 is 0 Å². The van der Waals surface area contributed by atoms with Gasteiger partial charge in [0.25, 0.3) is 0 Å². The molecule has 0 fully saturated rings. The van der Waals surface area contributed by atoms with Gasteiger partial charge in [0.2, 0.25) is 11.8 Å². The van der Waals surface area contributed by atoms with E-state index in [1.54, 1.807) is 0 Å². The molecule has 0 aliphatic heterocycles. The lowest BCUT2D eigenvalue weighted by molar-refractivity contribution is -0.113. The SMILES string of the molecule is CC(=O)n1c(SCC(=O)Nc2ccccc2)nnc1-c1cccs1. The molecule has 0 aliphatic carbocycles. The van der Waals surface area contributed by atoms with Gasteiger partial charge in [-0.1, -0.05) is 36.0 Å². The van der Waals surface area contributed by atoms with Gasteiger partial charge in [0, 0.05) is 12.6 Å². The molecule has 0 bridgehead atoms. The molecule has 1 aromatic carbocycles. The lowest BCUT2D eigenvalue weighted by atomic mass is 10.3. The third kappa shape index (κ3) is 3.72. The van der Waals surface area contributed by atoms with Crippen LogP contribution in [0.5, 0.6) is 0 Å². The molecule has 0 spiro atoms. The Labute approximate surface area is 146 Å². The third-order valence-electron chi connectivity index (χ3n) is 3.08. The smallest absolute Gasteiger partial charge is 0.234 e. The highest BCUT2D eigenvalue weighted by Crippen LogP contribution is 2.27. The maximum atomic E-state index is 12.0. The summed E-state index contributed by atoms with van der Waals surface area (Å²) >= 11 is 2.66. The van der Waals surface area contributed by atoms with Gasteiger partial charge in [0.05, 0.1) is 10.6 Å². The number of nitrogens with one attached hydrogen (secondary N) is 1. The summed E-state index contributed by atoms with van der Waals surface area (Å²) in [6.07, 6.45) is 0. The Morgan fingerprint density at radius 2 is 1.96 bits per heavy atom. The summed E-state index contributed by atoms with van der Waals surface area (Å²) < 4.78 is 1.44. The molecule has 0 unspecified atom stereocenters. The number of aromatic nitrogens is 3. The lowest BCUT2D eigenvalue weighted by Crippen LogP contribution is -2.15. The van der Waals surface area contributed by atoms with Gasteiger partial charge < -0.3 is 5.32 Å². The van der Waals surface area contributed by atoms with E-state index in [9.17, 15) is 9.59 Å². The second kappa shape index (κ2) is 7.41. The quantitative estimate of drug-likeness (QED) is 0.708. The average molecular weight is 358 g/mol. The minimum atomic E-state index is -0.186. The molecule has 24 heavy (non-hydrogen) atoms. The van der Waals surface area contributed by atoms with Gasteiger partial charge in [0.1, 0.15) is 0 Å². The first-order valence-electron chi connectivity index (χ1n) is 7.13. The zero-order valence-corrected chi connectivity index (χ0v) is 14.4. The molecule has 6 nitrogen and oxygen atoms in total. The second-order valence-corrected chi connectivity index (χ2v) is 6.73. The fourth-order valence-electron chi connectivity index (χ4n) is 2.06. The first kappa shape index (κ1) is 16.4. The number of amides is 1. The topological polar surface area (TPSA) is 76.9 Å². The van der Waals surface area contributed by atoms with Gasteiger partial charge in [-0.3, -0.25) is 9.59 Å². The van der Waals surface area contributed by atoms with Crippen LogP contribution in [0.4, 0.5) is 5.69 Å². The minimum absolute atomic E-state index is 0.144.